The smallest absolute Gasteiger partial charge is 0.252 e. The number of para-hydroxylation sites is 2. The number of pyridine rings is 2. The fourth-order valence-electron chi connectivity index (χ4n) is 5.43. The molecule has 0 atom stereocenters. The first-order valence-electron chi connectivity index (χ1n) is 13.6. The number of halogens is 1. The molecule has 0 aliphatic heterocycles. The second-order valence-corrected chi connectivity index (χ2v) is 10.4. The Balaban J connectivity index is 1.06. The lowest BCUT2D eigenvalue weighted by atomic mass is 9.92. The van der Waals surface area contributed by atoms with Gasteiger partial charge >= 0.3 is 0 Å². The number of rotatable bonds is 10. The van der Waals surface area contributed by atoms with Crippen molar-refractivity contribution < 1.29 is 4.79 Å². The molecule has 1 aliphatic rings. The number of carbonyl (C=O) groups is 1. The molecule has 4 aromatic rings. The molecular weight excluding hydrogens is 480 g/mol. The van der Waals surface area contributed by atoms with Crippen molar-refractivity contribution in [1.82, 2.24) is 15.3 Å². The van der Waals surface area contributed by atoms with E-state index >= 15 is 0 Å². The van der Waals surface area contributed by atoms with Gasteiger partial charge in [0.15, 0.2) is 0 Å². The minimum Gasteiger partial charge on any atom is -0.384 e. The summed E-state index contributed by atoms with van der Waals surface area (Å²) in [5.74, 6) is -0.0740. The summed E-state index contributed by atoms with van der Waals surface area (Å²) in [6.07, 6.45) is 10.3. The molecule has 2 aromatic carbocycles. The summed E-state index contributed by atoms with van der Waals surface area (Å²) in [4.78, 5) is 22.3. The number of nitrogens with zero attached hydrogens (tertiary/aromatic N) is 2. The Bertz CT molecular complexity index is 1420. The second kappa shape index (κ2) is 11.9. The molecular formula is C31H35ClN4O. The van der Waals surface area contributed by atoms with Gasteiger partial charge in [-0.1, -0.05) is 67.3 Å². The molecule has 2 N–H and O–H groups in total. The Labute approximate surface area is 224 Å². The van der Waals surface area contributed by atoms with Crippen molar-refractivity contribution in [2.75, 3.05) is 18.4 Å². The maximum atomic E-state index is 12.9. The van der Waals surface area contributed by atoms with Gasteiger partial charge in [0.2, 0.25) is 0 Å². The number of unbranched alkanes of at least 4 members (excludes halogenated alkanes) is 4. The van der Waals surface area contributed by atoms with Gasteiger partial charge in [0.1, 0.15) is 5.15 Å². The van der Waals surface area contributed by atoms with E-state index in [2.05, 4.69) is 39.9 Å². The highest BCUT2D eigenvalue weighted by molar-refractivity contribution is 6.31. The molecule has 0 fully saturated rings. The van der Waals surface area contributed by atoms with Crippen molar-refractivity contribution in [2.24, 2.45) is 0 Å². The summed E-state index contributed by atoms with van der Waals surface area (Å²) >= 11 is 6.28. The summed E-state index contributed by atoms with van der Waals surface area (Å²) in [5.41, 5.74) is 7.23. The van der Waals surface area contributed by atoms with Crippen LogP contribution in [-0.4, -0.2) is 29.0 Å². The first-order valence-corrected chi connectivity index (χ1v) is 14.0. The van der Waals surface area contributed by atoms with E-state index in [4.69, 9.17) is 16.6 Å². The SMILES string of the molecule is Cc1c(Cl)nc2ccccc2c1C(=O)NCCCCCCCNc1c2c(nc3ccccc13)CCCC2. The zero-order valence-corrected chi connectivity index (χ0v) is 22.3. The molecule has 5 nitrogen and oxygen atoms in total. The summed E-state index contributed by atoms with van der Waals surface area (Å²) < 4.78 is 0. The minimum atomic E-state index is -0.0740. The first-order chi connectivity index (χ1) is 18.1. The van der Waals surface area contributed by atoms with Gasteiger partial charge in [-0.3, -0.25) is 9.78 Å². The normalized spacial score (nSPS) is 13.0. The van der Waals surface area contributed by atoms with Crippen LogP contribution in [0.5, 0.6) is 0 Å². The lowest BCUT2D eigenvalue weighted by Crippen LogP contribution is -2.25. The van der Waals surface area contributed by atoms with Crippen molar-refractivity contribution in [1.29, 1.82) is 0 Å². The molecule has 0 unspecified atom stereocenters. The van der Waals surface area contributed by atoms with Gasteiger partial charge in [0.25, 0.3) is 5.91 Å². The number of anilines is 1. The van der Waals surface area contributed by atoms with Crippen LogP contribution in [0, 0.1) is 6.92 Å². The summed E-state index contributed by atoms with van der Waals surface area (Å²) in [7, 11) is 0. The van der Waals surface area contributed by atoms with Crippen molar-refractivity contribution in [2.45, 2.75) is 64.7 Å². The molecule has 1 aliphatic carbocycles. The van der Waals surface area contributed by atoms with E-state index < -0.39 is 0 Å². The predicted molar refractivity (Wildman–Crippen MR) is 154 cm³/mol. The van der Waals surface area contributed by atoms with Gasteiger partial charge < -0.3 is 10.6 Å². The molecule has 0 bridgehead atoms. The fourth-order valence-corrected chi connectivity index (χ4v) is 5.61. The van der Waals surface area contributed by atoms with Crippen molar-refractivity contribution in [3.63, 3.8) is 0 Å². The van der Waals surface area contributed by atoms with E-state index in [9.17, 15) is 4.79 Å². The van der Waals surface area contributed by atoms with Crippen molar-refractivity contribution in [3.05, 3.63) is 76.1 Å². The number of aryl methyl sites for hydroxylation is 1. The third-order valence-corrected chi connectivity index (χ3v) is 7.78. The van der Waals surface area contributed by atoms with Gasteiger partial charge in [-0.25, -0.2) is 4.98 Å². The third kappa shape index (κ3) is 5.72. The van der Waals surface area contributed by atoms with Crippen LogP contribution in [0.15, 0.2) is 48.5 Å². The van der Waals surface area contributed by atoms with Gasteiger partial charge in [-0.05, 0) is 68.7 Å². The van der Waals surface area contributed by atoms with Crippen LogP contribution in [0.25, 0.3) is 21.8 Å². The van der Waals surface area contributed by atoms with E-state index in [0.717, 1.165) is 67.1 Å². The molecule has 2 aromatic heterocycles. The second-order valence-electron chi connectivity index (χ2n) is 10.0. The van der Waals surface area contributed by atoms with E-state index in [0.29, 0.717) is 17.3 Å². The molecule has 37 heavy (non-hydrogen) atoms. The number of hydrogen-bond acceptors (Lipinski definition) is 4. The van der Waals surface area contributed by atoms with E-state index in [1.54, 1.807) is 0 Å². The molecule has 0 saturated carbocycles. The summed E-state index contributed by atoms with van der Waals surface area (Å²) in [6, 6.07) is 16.2. The maximum absolute atomic E-state index is 12.9. The van der Waals surface area contributed by atoms with Crippen LogP contribution in [-0.2, 0) is 12.8 Å². The number of hydrogen-bond donors (Lipinski definition) is 2. The Kier molecular flexibility index (Phi) is 8.20. The number of aromatic nitrogens is 2. The fraction of sp³-hybridized carbons (Fsp3) is 0.387. The number of nitrogens with one attached hydrogen (secondary N) is 2. The monoisotopic (exact) mass is 514 g/mol. The van der Waals surface area contributed by atoms with Crippen LogP contribution < -0.4 is 10.6 Å². The van der Waals surface area contributed by atoms with E-state index in [-0.39, 0.29) is 5.91 Å². The molecule has 0 radical (unpaired) electrons. The topological polar surface area (TPSA) is 66.9 Å². The predicted octanol–water partition coefficient (Wildman–Crippen LogP) is 7.42. The summed E-state index contributed by atoms with van der Waals surface area (Å²) in [6.45, 7) is 3.50. The minimum absolute atomic E-state index is 0.0740. The van der Waals surface area contributed by atoms with Crippen LogP contribution in [0.4, 0.5) is 5.69 Å². The Morgan fingerprint density at radius 1 is 0.838 bits per heavy atom. The van der Waals surface area contributed by atoms with Crippen LogP contribution >= 0.6 is 11.6 Å². The Morgan fingerprint density at radius 2 is 1.49 bits per heavy atom. The molecule has 192 valence electrons. The van der Waals surface area contributed by atoms with E-state index in [1.807, 2.05) is 31.2 Å². The van der Waals surface area contributed by atoms with E-state index in [1.165, 1.54) is 41.6 Å². The standard InChI is InChI=1S/C31H35ClN4O/c1-21-28(22-13-5-8-16-25(22)36-30(21)32)31(37)34-20-12-4-2-3-11-19-33-29-23-14-6-9-17-26(23)35-27-18-10-7-15-24(27)29/h5-6,8-9,13-14,16-17H,2-4,7,10-12,15,18-20H2,1H3,(H,33,35)(H,34,37). The summed E-state index contributed by atoms with van der Waals surface area (Å²) in [5, 5.41) is 9.33. The lowest BCUT2D eigenvalue weighted by molar-refractivity contribution is 0.0954. The highest BCUT2D eigenvalue weighted by Gasteiger charge is 2.18. The van der Waals surface area contributed by atoms with Gasteiger partial charge in [-0.15, -0.1) is 0 Å². The van der Waals surface area contributed by atoms with Gasteiger partial charge in [-0.2, -0.15) is 0 Å². The average molecular weight is 515 g/mol. The third-order valence-electron chi connectivity index (χ3n) is 7.41. The Morgan fingerprint density at radius 3 is 2.30 bits per heavy atom. The molecule has 1 amide bonds. The maximum Gasteiger partial charge on any atom is 0.252 e. The van der Waals surface area contributed by atoms with Gasteiger partial charge in [0.05, 0.1) is 16.6 Å². The first kappa shape index (κ1) is 25.5. The number of amides is 1. The van der Waals surface area contributed by atoms with Crippen molar-refractivity contribution >= 4 is 45.0 Å². The highest BCUT2D eigenvalue weighted by atomic mass is 35.5. The number of benzene rings is 2. The van der Waals surface area contributed by atoms with Crippen LogP contribution in [0.1, 0.15) is 72.1 Å². The Hall–Kier alpha value is -3.18. The molecule has 0 saturated heterocycles. The van der Waals surface area contributed by atoms with Crippen LogP contribution in [0.2, 0.25) is 5.15 Å². The van der Waals surface area contributed by atoms with Crippen LogP contribution in [0.3, 0.4) is 0 Å². The average Bonchev–Trinajstić information content (AvgIpc) is 2.92. The molecule has 2 heterocycles. The highest BCUT2D eigenvalue weighted by Crippen LogP contribution is 2.33. The largest absolute Gasteiger partial charge is 0.384 e. The lowest BCUT2D eigenvalue weighted by Gasteiger charge is -2.21. The molecule has 6 heteroatoms. The van der Waals surface area contributed by atoms with Gasteiger partial charge in [0, 0.05) is 35.2 Å². The molecule has 0 spiro atoms. The number of fused-ring (bicyclic) bond motifs is 3. The molecule has 5 rings (SSSR count). The van der Waals surface area contributed by atoms with Crippen molar-refractivity contribution in [3.8, 4) is 0 Å². The zero-order chi connectivity index (χ0) is 25.6. The number of carbonyl (C=O) groups excluding carboxylic acids is 1. The quantitative estimate of drug-likeness (QED) is 0.171. The zero-order valence-electron chi connectivity index (χ0n) is 21.6.